The van der Waals surface area contributed by atoms with E-state index in [4.69, 9.17) is 4.98 Å². The van der Waals surface area contributed by atoms with Crippen molar-refractivity contribution in [2.75, 3.05) is 18.4 Å². The van der Waals surface area contributed by atoms with Crippen LogP contribution in [0.5, 0.6) is 11.5 Å². The molecule has 1 aliphatic heterocycles. The second kappa shape index (κ2) is 5.81. The lowest BCUT2D eigenvalue weighted by Crippen LogP contribution is -2.48. The van der Waals surface area contributed by atoms with Crippen LogP contribution >= 0.6 is 0 Å². The molecule has 1 aromatic heterocycles. The molecule has 5 heteroatoms. The largest absolute Gasteiger partial charge is 0.504 e. The van der Waals surface area contributed by atoms with Gasteiger partial charge in [0.25, 0.3) is 0 Å². The minimum Gasteiger partial charge on any atom is -0.504 e. The molecule has 2 aromatic rings. The van der Waals surface area contributed by atoms with Crippen LogP contribution in [0.1, 0.15) is 31.5 Å². The fourth-order valence-corrected chi connectivity index (χ4v) is 4.26. The third-order valence-electron chi connectivity index (χ3n) is 5.58. The number of benzene rings is 1. The van der Waals surface area contributed by atoms with Crippen LogP contribution in [0.15, 0.2) is 12.1 Å². The number of phenols is 2. The first-order chi connectivity index (χ1) is 11.5. The summed E-state index contributed by atoms with van der Waals surface area (Å²) < 4.78 is 0. The Morgan fingerprint density at radius 1 is 1.08 bits per heavy atom. The number of aromatic hydroxyl groups is 2. The summed E-state index contributed by atoms with van der Waals surface area (Å²) in [5.74, 6) is 0.860. The Labute approximate surface area is 142 Å². The van der Waals surface area contributed by atoms with Crippen molar-refractivity contribution in [3.05, 3.63) is 23.4 Å². The van der Waals surface area contributed by atoms with Gasteiger partial charge in [0.05, 0.1) is 5.52 Å². The lowest BCUT2D eigenvalue weighted by atomic mass is 9.86. The van der Waals surface area contributed by atoms with Crippen molar-refractivity contribution < 1.29 is 10.2 Å². The Hall–Kier alpha value is -2.01. The smallest absolute Gasteiger partial charge is 0.159 e. The molecule has 0 saturated carbocycles. The van der Waals surface area contributed by atoms with E-state index in [9.17, 15) is 10.2 Å². The SMILES string of the molecule is CC1CNCC(C)C1Nc1c2c(nc3cc(O)c(O)cc13)CCC2. The number of aromatic nitrogens is 1. The number of hydrogen-bond acceptors (Lipinski definition) is 5. The van der Waals surface area contributed by atoms with Gasteiger partial charge in [-0.3, -0.25) is 4.98 Å². The molecule has 2 unspecified atom stereocenters. The molecule has 0 radical (unpaired) electrons. The molecule has 1 aliphatic carbocycles. The summed E-state index contributed by atoms with van der Waals surface area (Å²) in [7, 11) is 0. The van der Waals surface area contributed by atoms with E-state index in [1.54, 1.807) is 12.1 Å². The number of phenolic OH excluding ortho intramolecular Hbond substituents is 2. The molecule has 1 aromatic carbocycles. The van der Waals surface area contributed by atoms with E-state index in [0.717, 1.165) is 54.6 Å². The Morgan fingerprint density at radius 3 is 2.54 bits per heavy atom. The summed E-state index contributed by atoms with van der Waals surface area (Å²) in [6, 6.07) is 3.61. The van der Waals surface area contributed by atoms with Crippen LogP contribution in [0.2, 0.25) is 0 Å². The summed E-state index contributed by atoms with van der Waals surface area (Å²) in [6.07, 6.45) is 3.12. The number of rotatable bonds is 2. The van der Waals surface area contributed by atoms with E-state index in [0.29, 0.717) is 17.9 Å². The highest BCUT2D eigenvalue weighted by Crippen LogP contribution is 2.39. The number of anilines is 1. The van der Waals surface area contributed by atoms with Crippen LogP contribution in [0.3, 0.4) is 0 Å². The first kappa shape index (κ1) is 15.5. The minimum absolute atomic E-state index is 0.0864. The maximum Gasteiger partial charge on any atom is 0.159 e. The van der Waals surface area contributed by atoms with Gasteiger partial charge >= 0.3 is 0 Å². The Balaban J connectivity index is 1.85. The highest BCUT2D eigenvalue weighted by atomic mass is 16.3. The third kappa shape index (κ3) is 2.47. The molecule has 2 heterocycles. The van der Waals surface area contributed by atoms with E-state index in [1.165, 1.54) is 5.56 Å². The lowest BCUT2D eigenvalue weighted by molar-refractivity contribution is 0.287. The van der Waals surface area contributed by atoms with Crippen molar-refractivity contribution in [3.63, 3.8) is 0 Å². The summed E-state index contributed by atoms with van der Waals surface area (Å²) >= 11 is 0. The number of fused-ring (bicyclic) bond motifs is 2. The first-order valence-electron chi connectivity index (χ1n) is 8.89. The zero-order chi connectivity index (χ0) is 16.8. The van der Waals surface area contributed by atoms with Gasteiger partial charge in [-0.05, 0) is 55.8 Å². The van der Waals surface area contributed by atoms with Crippen LogP contribution < -0.4 is 10.6 Å². The molecule has 2 atom stereocenters. The number of nitrogens with one attached hydrogen (secondary N) is 2. The van der Waals surface area contributed by atoms with Crippen molar-refractivity contribution in [3.8, 4) is 11.5 Å². The lowest BCUT2D eigenvalue weighted by Gasteiger charge is -2.37. The van der Waals surface area contributed by atoms with Crippen LogP contribution in [0.25, 0.3) is 10.9 Å². The normalized spacial score (nSPS) is 26.5. The molecule has 1 fully saturated rings. The maximum atomic E-state index is 9.98. The average Bonchev–Trinajstić information content (AvgIpc) is 3.00. The molecule has 4 rings (SSSR count). The van der Waals surface area contributed by atoms with Gasteiger partial charge in [0, 0.05) is 28.9 Å². The highest BCUT2D eigenvalue weighted by Gasteiger charge is 2.30. The summed E-state index contributed by atoms with van der Waals surface area (Å²) in [4.78, 5) is 4.73. The topological polar surface area (TPSA) is 77.4 Å². The van der Waals surface area contributed by atoms with Gasteiger partial charge in [0.15, 0.2) is 11.5 Å². The first-order valence-corrected chi connectivity index (χ1v) is 8.89. The fraction of sp³-hybridized carbons (Fsp3) is 0.526. The van der Waals surface area contributed by atoms with Gasteiger partial charge < -0.3 is 20.8 Å². The van der Waals surface area contributed by atoms with Crippen molar-refractivity contribution >= 4 is 16.6 Å². The van der Waals surface area contributed by atoms with Crippen LogP contribution in [0, 0.1) is 11.8 Å². The second-order valence-corrected chi connectivity index (χ2v) is 7.41. The van der Waals surface area contributed by atoms with E-state index in [2.05, 4.69) is 24.5 Å². The summed E-state index contributed by atoms with van der Waals surface area (Å²) in [5.41, 5.74) is 4.27. The molecule has 0 amide bonds. The predicted octanol–water partition coefficient (Wildman–Crippen LogP) is 2.79. The average molecular weight is 327 g/mol. The van der Waals surface area contributed by atoms with E-state index < -0.39 is 0 Å². The highest BCUT2D eigenvalue weighted by molar-refractivity contribution is 5.96. The Morgan fingerprint density at radius 2 is 1.79 bits per heavy atom. The maximum absolute atomic E-state index is 9.98. The van der Waals surface area contributed by atoms with E-state index in [1.807, 2.05) is 0 Å². The number of piperidine rings is 1. The van der Waals surface area contributed by atoms with Gasteiger partial charge in [-0.25, -0.2) is 0 Å². The van der Waals surface area contributed by atoms with Crippen molar-refractivity contribution in [1.29, 1.82) is 0 Å². The van der Waals surface area contributed by atoms with E-state index in [-0.39, 0.29) is 11.5 Å². The van der Waals surface area contributed by atoms with Crippen molar-refractivity contribution in [1.82, 2.24) is 10.3 Å². The summed E-state index contributed by atoms with van der Waals surface area (Å²) in [6.45, 7) is 6.57. The monoisotopic (exact) mass is 327 g/mol. The predicted molar refractivity (Wildman–Crippen MR) is 95.7 cm³/mol. The number of nitrogens with zero attached hydrogens (tertiary/aromatic N) is 1. The molecular weight excluding hydrogens is 302 g/mol. The van der Waals surface area contributed by atoms with Crippen LogP contribution in [0.4, 0.5) is 5.69 Å². The molecule has 128 valence electrons. The zero-order valence-electron chi connectivity index (χ0n) is 14.3. The Kier molecular flexibility index (Phi) is 3.76. The number of hydrogen-bond donors (Lipinski definition) is 4. The molecule has 1 saturated heterocycles. The molecule has 4 N–H and O–H groups in total. The standard InChI is InChI=1S/C19H25N3O2/c1-10-8-20-9-11(2)18(10)22-19-12-4-3-5-14(12)21-15-7-17(24)16(23)6-13(15)19/h6-7,10-11,18,20,23-24H,3-5,8-9H2,1-2H3,(H,21,22). The summed E-state index contributed by atoms with van der Waals surface area (Å²) in [5, 5.41) is 28.0. The van der Waals surface area contributed by atoms with Gasteiger partial charge in [-0.2, -0.15) is 0 Å². The second-order valence-electron chi connectivity index (χ2n) is 7.41. The Bertz CT molecular complexity index is 780. The quantitative estimate of drug-likeness (QED) is 0.638. The van der Waals surface area contributed by atoms with Gasteiger partial charge in [-0.15, -0.1) is 0 Å². The van der Waals surface area contributed by atoms with Gasteiger partial charge in [0.2, 0.25) is 0 Å². The van der Waals surface area contributed by atoms with Crippen molar-refractivity contribution in [2.45, 2.75) is 39.2 Å². The third-order valence-corrected chi connectivity index (χ3v) is 5.58. The minimum atomic E-state index is -0.109. The number of pyridine rings is 1. The van der Waals surface area contributed by atoms with Gasteiger partial charge in [-0.1, -0.05) is 13.8 Å². The number of aryl methyl sites for hydroxylation is 1. The molecule has 2 aliphatic rings. The molecular formula is C19H25N3O2. The molecule has 5 nitrogen and oxygen atoms in total. The molecule has 0 bridgehead atoms. The fourth-order valence-electron chi connectivity index (χ4n) is 4.26. The van der Waals surface area contributed by atoms with Crippen LogP contribution in [-0.4, -0.2) is 34.3 Å². The van der Waals surface area contributed by atoms with Crippen molar-refractivity contribution in [2.24, 2.45) is 11.8 Å². The van der Waals surface area contributed by atoms with E-state index >= 15 is 0 Å². The molecule has 24 heavy (non-hydrogen) atoms. The van der Waals surface area contributed by atoms with Crippen LogP contribution in [-0.2, 0) is 12.8 Å². The van der Waals surface area contributed by atoms with Gasteiger partial charge in [0.1, 0.15) is 0 Å². The molecule has 0 spiro atoms. The zero-order valence-corrected chi connectivity index (χ0v) is 14.3.